The second-order valence-corrected chi connectivity index (χ2v) is 5.21. The number of carbonyl (C=O) groups is 2. The highest BCUT2D eigenvalue weighted by molar-refractivity contribution is 6.00. The zero-order valence-electron chi connectivity index (χ0n) is 14.0. The van der Waals surface area contributed by atoms with Crippen LogP contribution < -0.4 is 0 Å². The van der Waals surface area contributed by atoms with E-state index in [0.717, 1.165) is 32.1 Å². The maximum absolute atomic E-state index is 12.0. The van der Waals surface area contributed by atoms with Gasteiger partial charge >= 0.3 is 11.9 Å². The molecule has 0 aliphatic carbocycles. The summed E-state index contributed by atoms with van der Waals surface area (Å²) in [4.78, 5) is 23.9. The van der Waals surface area contributed by atoms with Gasteiger partial charge in [-0.15, -0.1) is 0 Å². The van der Waals surface area contributed by atoms with Gasteiger partial charge in [-0.05, 0) is 25.7 Å². The van der Waals surface area contributed by atoms with Gasteiger partial charge in [-0.25, -0.2) is 9.59 Å². The molecule has 4 heteroatoms. The van der Waals surface area contributed by atoms with Crippen LogP contribution in [0.25, 0.3) is 0 Å². The zero-order valence-corrected chi connectivity index (χ0v) is 14.0. The van der Waals surface area contributed by atoms with Crippen molar-refractivity contribution < 1.29 is 19.1 Å². The summed E-state index contributed by atoms with van der Waals surface area (Å²) in [6.45, 7) is 4.22. The van der Waals surface area contributed by atoms with Gasteiger partial charge in [0.25, 0.3) is 0 Å². The van der Waals surface area contributed by atoms with Gasteiger partial charge in [0.2, 0.25) is 0 Å². The first kappa shape index (κ1) is 19.7. The molecule has 0 unspecified atom stereocenters. The molecule has 0 aromatic heterocycles. The smallest absolute Gasteiger partial charge is 0.334 e. The third-order valence-electron chi connectivity index (χ3n) is 3.54. The molecule has 21 heavy (non-hydrogen) atoms. The van der Waals surface area contributed by atoms with E-state index in [2.05, 4.69) is 13.8 Å². The van der Waals surface area contributed by atoms with Crippen LogP contribution in [-0.4, -0.2) is 26.2 Å². The van der Waals surface area contributed by atoms with Crippen molar-refractivity contribution in [3.8, 4) is 0 Å². The number of hydrogen-bond acceptors (Lipinski definition) is 4. The van der Waals surface area contributed by atoms with Crippen molar-refractivity contribution in [2.24, 2.45) is 0 Å². The molecule has 0 aliphatic rings. The van der Waals surface area contributed by atoms with Gasteiger partial charge in [0.1, 0.15) is 0 Å². The summed E-state index contributed by atoms with van der Waals surface area (Å²) < 4.78 is 9.67. The van der Waals surface area contributed by atoms with Crippen LogP contribution in [0.4, 0.5) is 0 Å². The number of carbonyl (C=O) groups excluding carboxylic acids is 2. The van der Waals surface area contributed by atoms with Crippen molar-refractivity contribution in [1.29, 1.82) is 0 Å². The van der Waals surface area contributed by atoms with Gasteiger partial charge < -0.3 is 9.47 Å². The topological polar surface area (TPSA) is 52.6 Å². The fourth-order valence-corrected chi connectivity index (χ4v) is 2.26. The summed E-state index contributed by atoms with van der Waals surface area (Å²) >= 11 is 0. The Kier molecular flexibility index (Phi) is 11.6. The number of ether oxygens (including phenoxy) is 2. The van der Waals surface area contributed by atoms with Gasteiger partial charge in [0.15, 0.2) is 0 Å². The molecule has 122 valence electrons. The molecule has 0 N–H and O–H groups in total. The Labute approximate surface area is 128 Å². The third-order valence-corrected chi connectivity index (χ3v) is 3.54. The summed E-state index contributed by atoms with van der Waals surface area (Å²) in [5, 5.41) is 0. The predicted octanol–water partition coefficient (Wildman–Crippen LogP) is 4.18. The lowest BCUT2D eigenvalue weighted by Crippen LogP contribution is -2.15. The van der Waals surface area contributed by atoms with E-state index in [1.54, 1.807) is 0 Å². The van der Waals surface area contributed by atoms with Gasteiger partial charge in [-0.2, -0.15) is 0 Å². The Morgan fingerprint density at radius 1 is 0.667 bits per heavy atom. The van der Waals surface area contributed by atoms with Gasteiger partial charge in [0.05, 0.1) is 14.2 Å². The highest BCUT2D eigenvalue weighted by Gasteiger charge is 2.21. The molecular formula is C17H30O4. The van der Waals surface area contributed by atoms with Crippen molar-refractivity contribution in [3.63, 3.8) is 0 Å². The van der Waals surface area contributed by atoms with Crippen LogP contribution >= 0.6 is 0 Å². The molecule has 0 amide bonds. The Morgan fingerprint density at radius 3 is 1.52 bits per heavy atom. The van der Waals surface area contributed by atoms with Crippen LogP contribution in [0, 0.1) is 0 Å². The minimum atomic E-state index is -0.405. The average molecular weight is 298 g/mol. The molecule has 4 nitrogen and oxygen atoms in total. The van der Waals surface area contributed by atoms with Gasteiger partial charge in [-0.3, -0.25) is 0 Å². The molecular weight excluding hydrogens is 268 g/mol. The standard InChI is InChI=1S/C17H30O4/c1-5-7-9-10-11-13-15(17(19)21-4)14(12-8-6-2)16(18)20-3/h5-13H2,1-4H3/b15-14-. The molecule has 0 radical (unpaired) electrons. The molecule has 0 saturated heterocycles. The van der Waals surface area contributed by atoms with Gasteiger partial charge in [0, 0.05) is 11.1 Å². The van der Waals surface area contributed by atoms with Crippen molar-refractivity contribution >= 4 is 11.9 Å². The summed E-state index contributed by atoms with van der Waals surface area (Å²) in [6, 6.07) is 0. The highest BCUT2D eigenvalue weighted by atomic mass is 16.5. The quantitative estimate of drug-likeness (QED) is 0.326. The molecule has 0 spiro atoms. The van der Waals surface area contributed by atoms with E-state index in [0.29, 0.717) is 24.0 Å². The first-order valence-electron chi connectivity index (χ1n) is 8.00. The molecule has 0 aromatic rings. The zero-order chi connectivity index (χ0) is 16.1. The maximum atomic E-state index is 12.0. The van der Waals surface area contributed by atoms with Crippen LogP contribution in [0.3, 0.4) is 0 Å². The van der Waals surface area contributed by atoms with Crippen LogP contribution in [0.5, 0.6) is 0 Å². The minimum Gasteiger partial charge on any atom is -0.466 e. The van der Waals surface area contributed by atoms with E-state index >= 15 is 0 Å². The Bertz CT molecular complexity index is 345. The van der Waals surface area contributed by atoms with Crippen LogP contribution in [0.15, 0.2) is 11.1 Å². The molecule has 0 aromatic carbocycles. The molecule has 0 rings (SSSR count). The second-order valence-electron chi connectivity index (χ2n) is 5.21. The van der Waals surface area contributed by atoms with Crippen molar-refractivity contribution in [2.45, 2.75) is 71.6 Å². The Morgan fingerprint density at radius 2 is 1.10 bits per heavy atom. The first-order chi connectivity index (χ1) is 10.1. The molecule has 0 aliphatic heterocycles. The predicted molar refractivity (Wildman–Crippen MR) is 84.0 cm³/mol. The van der Waals surface area contributed by atoms with Crippen LogP contribution in [0.2, 0.25) is 0 Å². The van der Waals surface area contributed by atoms with E-state index in [4.69, 9.17) is 9.47 Å². The fourth-order valence-electron chi connectivity index (χ4n) is 2.26. The molecule has 0 atom stereocenters. The summed E-state index contributed by atoms with van der Waals surface area (Å²) in [7, 11) is 2.71. The number of rotatable bonds is 11. The largest absolute Gasteiger partial charge is 0.466 e. The lowest BCUT2D eigenvalue weighted by molar-refractivity contribution is -0.139. The average Bonchev–Trinajstić information content (AvgIpc) is 2.51. The number of unbranched alkanes of at least 4 members (excludes halogenated alkanes) is 5. The van der Waals surface area contributed by atoms with E-state index in [-0.39, 0.29) is 0 Å². The monoisotopic (exact) mass is 298 g/mol. The lowest BCUT2D eigenvalue weighted by atomic mass is 9.97. The Hall–Kier alpha value is -1.32. The van der Waals surface area contributed by atoms with Crippen LogP contribution in [0.1, 0.15) is 71.6 Å². The lowest BCUT2D eigenvalue weighted by Gasteiger charge is -2.12. The van der Waals surface area contributed by atoms with Crippen molar-refractivity contribution in [2.75, 3.05) is 14.2 Å². The summed E-state index contributed by atoms with van der Waals surface area (Å²) in [5.41, 5.74) is 0.982. The highest BCUT2D eigenvalue weighted by Crippen LogP contribution is 2.21. The molecule has 0 fully saturated rings. The fraction of sp³-hybridized carbons (Fsp3) is 0.765. The van der Waals surface area contributed by atoms with Crippen molar-refractivity contribution in [3.05, 3.63) is 11.1 Å². The maximum Gasteiger partial charge on any atom is 0.334 e. The van der Waals surface area contributed by atoms with E-state index in [9.17, 15) is 9.59 Å². The first-order valence-corrected chi connectivity index (χ1v) is 8.00. The number of hydrogen-bond donors (Lipinski definition) is 0. The second kappa shape index (κ2) is 12.4. The van der Waals surface area contributed by atoms with E-state index < -0.39 is 11.9 Å². The van der Waals surface area contributed by atoms with Crippen molar-refractivity contribution in [1.82, 2.24) is 0 Å². The summed E-state index contributed by atoms with van der Waals surface area (Å²) in [6.07, 6.45) is 8.50. The minimum absolute atomic E-state index is 0.401. The van der Waals surface area contributed by atoms with E-state index in [1.165, 1.54) is 27.1 Å². The number of methoxy groups -OCH3 is 2. The third kappa shape index (κ3) is 7.88. The Balaban J connectivity index is 4.95. The summed E-state index contributed by atoms with van der Waals surface area (Å²) in [5.74, 6) is -0.806. The van der Waals surface area contributed by atoms with Crippen LogP contribution in [-0.2, 0) is 19.1 Å². The normalized spacial score (nSPS) is 11.8. The molecule has 0 bridgehead atoms. The SMILES string of the molecule is CCCCCCC/C(C(=O)OC)=C(\CCCC)C(=O)OC. The number of esters is 2. The molecule has 0 heterocycles. The molecule has 0 saturated carbocycles. The van der Waals surface area contributed by atoms with Gasteiger partial charge in [-0.1, -0.05) is 46.0 Å². The van der Waals surface area contributed by atoms with E-state index in [1.807, 2.05) is 0 Å².